The first kappa shape index (κ1) is 32.3. The van der Waals surface area contributed by atoms with Gasteiger partial charge in [0.1, 0.15) is 6.04 Å². The van der Waals surface area contributed by atoms with Gasteiger partial charge >= 0.3 is 0 Å². The van der Waals surface area contributed by atoms with Crippen molar-refractivity contribution in [3.05, 3.63) is 36.0 Å². The van der Waals surface area contributed by atoms with Gasteiger partial charge in [0.05, 0.1) is 41.2 Å². The predicted molar refractivity (Wildman–Crippen MR) is 154 cm³/mol. The zero-order valence-corrected chi connectivity index (χ0v) is 24.4. The molecule has 0 spiro atoms. The van der Waals surface area contributed by atoms with Crippen LogP contribution in [0.15, 0.2) is 30.5 Å². The van der Waals surface area contributed by atoms with Crippen LogP contribution in [0, 0.1) is 11.3 Å². The highest BCUT2D eigenvalue weighted by molar-refractivity contribution is 8.00. The van der Waals surface area contributed by atoms with E-state index in [0.29, 0.717) is 5.39 Å². The zero-order valence-electron chi connectivity index (χ0n) is 23.6. The number of carbonyl (C=O) groups is 6. The molecule has 0 saturated carbocycles. The first-order chi connectivity index (χ1) is 20.9. The Morgan fingerprint density at radius 1 is 1.14 bits per heavy atom. The second-order valence-corrected chi connectivity index (χ2v) is 11.2. The van der Waals surface area contributed by atoms with Gasteiger partial charge in [-0.2, -0.15) is 17.0 Å². The van der Waals surface area contributed by atoms with Crippen LogP contribution in [0.1, 0.15) is 36.0 Å². The molecule has 3 heterocycles. The third-order valence-electron chi connectivity index (χ3n) is 7.15. The van der Waals surface area contributed by atoms with Crippen LogP contribution in [0.4, 0.5) is 14.5 Å². The van der Waals surface area contributed by atoms with Gasteiger partial charge in [-0.25, -0.2) is 8.78 Å². The summed E-state index contributed by atoms with van der Waals surface area (Å²) in [6.07, 6.45) is 2.11. The number of hydrogen-bond donors (Lipinski definition) is 3. The SMILES string of the molecule is CSC1CC(=O)N(CCNC(=O)CCC(=O)Nc2cccc3c(C(=O)NCC(=O)N4CC(F)(F)C[C@H]4C#N)ccnc23)C1=O. The fraction of sp³-hybridized carbons (Fsp3) is 0.429. The number of para-hydroxylation sites is 1. The Bertz CT molecular complexity index is 1550. The van der Waals surface area contributed by atoms with E-state index in [2.05, 4.69) is 20.9 Å². The number of benzene rings is 1. The quantitative estimate of drug-likeness (QED) is 0.306. The van der Waals surface area contributed by atoms with Gasteiger partial charge in [0, 0.05) is 50.4 Å². The number of carbonyl (C=O) groups excluding carboxylic acids is 6. The molecule has 232 valence electrons. The number of fused-ring (bicyclic) bond motifs is 1. The van der Waals surface area contributed by atoms with Crippen LogP contribution in [0.3, 0.4) is 0 Å². The standard InChI is InChI=1S/C28H29F2N7O6S/c1-44-20-11-23(40)36(27(20)43)10-9-32-21(38)5-6-22(39)35-19-4-2-3-17-18(7-8-33-25(17)19)26(42)34-14-24(41)37-15-28(29,30)12-16(37)13-31/h2-4,7-8,16,20H,5-6,9-12,14-15H2,1H3,(H,32,38)(H,34,42)(H,35,39)/t16-,20?/m0/s1. The average Bonchev–Trinajstić information content (AvgIpc) is 3.47. The molecule has 4 rings (SSSR count). The van der Waals surface area contributed by atoms with Crippen LogP contribution >= 0.6 is 11.8 Å². The van der Waals surface area contributed by atoms with Crippen molar-refractivity contribution in [3.63, 3.8) is 0 Å². The molecule has 2 atom stereocenters. The molecule has 0 bridgehead atoms. The van der Waals surface area contributed by atoms with Crippen molar-refractivity contribution < 1.29 is 37.5 Å². The molecule has 0 aliphatic carbocycles. The lowest BCUT2D eigenvalue weighted by molar-refractivity contribution is -0.138. The molecule has 3 N–H and O–H groups in total. The second-order valence-electron chi connectivity index (χ2n) is 10.2. The van der Waals surface area contributed by atoms with Crippen LogP contribution in [-0.2, 0) is 24.0 Å². The van der Waals surface area contributed by atoms with Crippen LogP contribution in [-0.4, -0.2) is 99.9 Å². The Balaban J connectivity index is 1.29. The van der Waals surface area contributed by atoms with E-state index in [0.717, 1.165) is 9.80 Å². The summed E-state index contributed by atoms with van der Waals surface area (Å²) in [5, 5.41) is 16.7. The van der Waals surface area contributed by atoms with Gasteiger partial charge in [-0.15, -0.1) is 0 Å². The van der Waals surface area contributed by atoms with E-state index < -0.39 is 60.4 Å². The number of likely N-dealkylation sites (tertiary alicyclic amines) is 2. The van der Waals surface area contributed by atoms with Crippen molar-refractivity contribution in [2.75, 3.05) is 37.8 Å². The van der Waals surface area contributed by atoms with Crippen molar-refractivity contribution in [1.29, 1.82) is 5.26 Å². The fourth-order valence-electron chi connectivity index (χ4n) is 4.93. The minimum atomic E-state index is -3.18. The minimum absolute atomic E-state index is 0.0486. The van der Waals surface area contributed by atoms with E-state index in [9.17, 15) is 37.5 Å². The molecule has 2 aliphatic rings. The van der Waals surface area contributed by atoms with Gasteiger partial charge in [-0.1, -0.05) is 12.1 Å². The molecule has 2 saturated heterocycles. The predicted octanol–water partition coefficient (Wildman–Crippen LogP) is 1.05. The number of nitrogens with zero attached hydrogens (tertiary/aromatic N) is 4. The molecule has 2 fully saturated rings. The second kappa shape index (κ2) is 13.8. The molecule has 1 aromatic heterocycles. The number of halogens is 2. The van der Waals surface area contributed by atoms with E-state index in [4.69, 9.17) is 5.26 Å². The van der Waals surface area contributed by atoms with Gasteiger partial charge < -0.3 is 20.9 Å². The number of aromatic nitrogens is 1. The highest BCUT2D eigenvalue weighted by atomic mass is 32.2. The summed E-state index contributed by atoms with van der Waals surface area (Å²) in [4.78, 5) is 80.4. The molecule has 16 heteroatoms. The van der Waals surface area contributed by atoms with Crippen molar-refractivity contribution in [2.24, 2.45) is 0 Å². The zero-order chi connectivity index (χ0) is 32.0. The van der Waals surface area contributed by atoms with E-state index >= 15 is 0 Å². The maximum Gasteiger partial charge on any atom is 0.268 e. The highest BCUT2D eigenvalue weighted by Crippen LogP contribution is 2.31. The Kier molecular flexibility index (Phi) is 10.1. The summed E-state index contributed by atoms with van der Waals surface area (Å²) in [5.41, 5.74) is 0.640. The van der Waals surface area contributed by atoms with Crippen LogP contribution < -0.4 is 16.0 Å². The van der Waals surface area contributed by atoms with Crippen LogP contribution in [0.25, 0.3) is 10.9 Å². The lowest BCUT2D eigenvalue weighted by Crippen LogP contribution is -2.43. The Morgan fingerprint density at radius 3 is 2.59 bits per heavy atom. The van der Waals surface area contributed by atoms with Gasteiger partial charge in [-0.05, 0) is 18.4 Å². The summed E-state index contributed by atoms with van der Waals surface area (Å²) in [7, 11) is 0. The van der Waals surface area contributed by atoms with E-state index in [1.54, 1.807) is 30.5 Å². The first-order valence-electron chi connectivity index (χ1n) is 13.6. The summed E-state index contributed by atoms with van der Waals surface area (Å²) < 4.78 is 27.4. The topological polar surface area (TPSA) is 182 Å². The van der Waals surface area contributed by atoms with Crippen molar-refractivity contribution >= 4 is 63.8 Å². The minimum Gasteiger partial charge on any atom is -0.354 e. The van der Waals surface area contributed by atoms with Crippen molar-refractivity contribution in [1.82, 2.24) is 25.4 Å². The van der Waals surface area contributed by atoms with Gasteiger partial charge in [0.25, 0.3) is 11.8 Å². The van der Waals surface area contributed by atoms with E-state index in [1.165, 1.54) is 24.0 Å². The third-order valence-corrected chi connectivity index (χ3v) is 8.09. The summed E-state index contributed by atoms with van der Waals surface area (Å²) in [6.45, 7) is -1.39. The molecule has 1 unspecified atom stereocenters. The molecule has 6 amide bonds. The molecular formula is C28H29F2N7O6S. The smallest absolute Gasteiger partial charge is 0.268 e. The normalized spacial score (nSPS) is 19.1. The van der Waals surface area contributed by atoms with E-state index in [1.807, 2.05) is 0 Å². The average molecular weight is 630 g/mol. The molecule has 2 aromatic rings. The Hall–Kier alpha value is -4.65. The lowest BCUT2D eigenvalue weighted by Gasteiger charge is -2.19. The molecule has 2 aliphatic heterocycles. The number of nitrogens with one attached hydrogen (secondary N) is 3. The number of hydrogen-bond acceptors (Lipinski definition) is 9. The number of imide groups is 1. The van der Waals surface area contributed by atoms with Gasteiger partial charge in [0.2, 0.25) is 29.5 Å². The van der Waals surface area contributed by atoms with Crippen molar-refractivity contribution in [2.45, 2.75) is 42.9 Å². The summed E-state index contributed by atoms with van der Waals surface area (Å²) in [6, 6.07) is 6.49. The van der Waals surface area contributed by atoms with Crippen molar-refractivity contribution in [3.8, 4) is 6.07 Å². The number of thioether (sulfide) groups is 1. The van der Waals surface area contributed by atoms with Gasteiger partial charge in [0.15, 0.2) is 0 Å². The number of pyridine rings is 1. The third kappa shape index (κ3) is 7.46. The van der Waals surface area contributed by atoms with Gasteiger partial charge in [-0.3, -0.25) is 38.7 Å². The maximum atomic E-state index is 13.7. The van der Waals surface area contributed by atoms with Crippen LogP contribution in [0.5, 0.6) is 0 Å². The molecular weight excluding hydrogens is 600 g/mol. The monoisotopic (exact) mass is 629 g/mol. The Morgan fingerprint density at radius 2 is 1.89 bits per heavy atom. The largest absolute Gasteiger partial charge is 0.354 e. The number of rotatable bonds is 11. The number of nitriles is 1. The number of alkyl halides is 2. The molecule has 44 heavy (non-hydrogen) atoms. The highest BCUT2D eigenvalue weighted by Gasteiger charge is 2.47. The molecule has 1 aromatic carbocycles. The lowest BCUT2D eigenvalue weighted by atomic mass is 10.1. The first-order valence-corrected chi connectivity index (χ1v) is 14.9. The number of amides is 6. The fourth-order valence-corrected chi connectivity index (χ4v) is 5.57. The maximum absolute atomic E-state index is 13.7. The summed E-state index contributed by atoms with van der Waals surface area (Å²) in [5.74, 6) is -6.20. The molecule has 0 radical (unpaired) electrons. The number of anilines is 1. The van der Waals surface area contributed by atoms with Crippen LogP contribution in [0.2, 0.25) is 0 Å². The molecule has 13 nitrogen and oxygen atoms in total. The summed E-state index contributed by atoms with van der Waals surface area (Å²) >= 11 is 1.30. The van der Waals surface area contributed by atoms with E-state index in [-0.39, 0.29) is 60.9 Å². The Labute approximate surface area is 254 Å².